The number of benzene rings is 5. The average molecular weight is 443 g/mol. The summed E-state index contributed by atoms with van der Waals surface area (Å²) < 4.78 is 0. The zero-order valence-electron chi connectivity index (χ0n) is 17.3. The first-order chi connectivity index (χ1) is 15.8. The third-order valence-corrected chi connectivity index (χ3v) is 12.4. The van der Waals surface area contributed by atoms with Crippen LogP contribution >= 0.6 is 11.6 Å². The van der Waals surface area contributed by atoms with E-state index in [9.17, 15) is 0 Å². The Kier molecular flexibility index (Phi) is 3.73. The van der Waals surface area contributed by atoms with Crippen molar-refractivity contribution in [3.63, 3.8) is 0 Å². The molecule has 5 aromatic rings. The third-order valence-electron chi connectivity index (χ3n) is 7.17. The molecule has 2 aliphatic rings. The van der Waals surface area contributed by atoms with Crippen LogP contribution in [0.1, 0.15) is 0 Å². The van der Waals surface area contributed by atoms with Crippen LogP contribution in [0, 0.1) is 0 Å². The summed E-state index contributed by atoms with van der Waals surface area (Å²) in [5, 5.41) is 6.82. The normalized spacial score (nSPS) is 14.0. The van der Waals surface area contributed by atoms with Gasteiger partial charge in [-0.1, -0.05) is 115 Å². The molecule has 0 saturated heterocycles. The molecule has 0 fully saturated rings. The highest BCUT2D eigenvalue weighted by molar-refractivity contribution is 7.24. The molecule has 150 valence electrons. The monoisotopic (exact) mass is 442 g/mol. The molecule has 0 unspecified atom stereocenters. The van der Waals surface area contributed by atoms with Crippen molar-refractivity contribution in [3.8, 4) is 33.4 Å². The number of halogens is 1. The first-order valence-corrected chi connectivity index (χ1v) is 13.4. The minimum Gasteiger partial charge on any atom is -0.0843 e. The van der Waals surface area contributed by atoms with E-state index < -0.39 is 8.07 Å². The van der Waals surface area contributed by atoms with Gasteiger partial charge in [0.15, 0.2) is 8.07 Å². The molecule has 2 aliphatic heterocycles. The van der Waals surface area contributed by atoms with Gasteiger partial charge in [-0.25, -0.2) is 0 Å². The van der Waals surface area contributed by atoms with Crippen molar-refractivity contribution >= 4 is 40.4 Å². The third kappa shape index (κ3) is 2.22. The van der Waals surface area contributed by atoms with Gasteiger partial charge in [0.2, 0.25) is 0 Å². The Hall–Kier alpha value is -3.39. The lowest BCUT2D eigenvalue weighted by Gasteiger charge is -2.28. The molecule has 0 atom stereocenters. The fourth-order valence-electron chi connectivity index (χ4n) is 5.92. The van der Waals surface area contributed by atoms with Crippen LogP contribution in [0.4, 0.5) is 0 Å². The summed E-state index contributed by atoms with van der Waals surface area (Å²) >= 11 is 6.17. The van der Waals surface area contributed by atoms with E-state index in [0.29, 0.717) is 0 Å². The fraction of sp³-hybridized carbons (Fsp3) is 0. The Morgan fingerprint density at radius 1 is 0.406 bits per heavy atom. The SMILES string of the molecule is Clc1ccc(-c2ccc3c(c2)[Si]2(c4ccccc4-c4ccccc42)c2ccccc2-3)cc1. The molecule has 2 heteroatoms. The standard InChI is InChI=1S/C30H19ClSi/c31-22-16-13-20(14-17-22)21-15-18-26-25-9-3-6-12-29(25)32(30(26)19-21)27-10-4-1-7-23(27)24-8-2-5-11-28(24)32/h1-19H. The molecule has 0 saturated carbocycles. The van der Waals surface area contributed by atoms with Crippen LogP contribution in [0.2, 0.25) is 5.02 Å². The van der Waals surface area contributed by atoms with Gasteiger partial charge in [-0.3, -0.25) is 0 Å². The first kappa shape index (κ1) is 18.2. The largest absolute Gasteiger partial charge is 0.182 e. The molecule has 7 rings (SSSR count). The topological polar surface area (TPSA) is 0 Å². The molecule has 0 aliphatic carbocycles. The quantitative estimate of drug-likeness (QED) is 0.301. The van der Waals surface area contributed by atoms with Crippen molar-refractivity contribution < 1.29 is 0 Å². The highest BCUT2D eigenvalue weighted by atomic mass is 35.5. The van der Waals surface area contributed by atoms with E-state index in [1.807, 2.05) is 12.1 Å². The maximum atomic E-state index is 6.17. The second-order valence-corrected chi connectivity index (χ2v) is 12.7. The van der Waals surface area contributed by atoms with E-state index >= 15 is 0 Å². The molecule has 2 heterocycles. The van der Waals surface area contributed by atoms with Gasteiger partial charge >= 0.3 is 0 Å². The maximum absolute atomic E-state index is 6.17. The minimum atomic E-state index is -2.35. The molecule has 32 heavy (non-hydrogen) atoms. The predicted octanol–water partition coefficient (Wildman–Crippen LogP) is 5.35. The van der Waals surface area contributed by atoms with Gasteiger partial charge in [0.25, 0.3) is 0 Å². The van der Waals surface area contributed by atoms with Crippen LogP contribution in [-0.2, 0) is 0 Å². The Morgan fingerprint density at radius 3 is 1.38 bits per heavy atom. The zero-order valence-corrected chi connectivity index (χ0v) is 19.1. The molecule has 0 radical (unpaired) electrons. The van der Waals surface area contributed by atoms with Crippen LogP contribution in [0.15, 0.2) is 115 Å². The smallest absolute Gasteiger partial charge is 0.0843 e. The van der Waals surface area contributed by atoms with E-state index in [1.165, 1.54) is 54.1 Å². The van der Waals surface area contributed by atoms with Crippen LogP contribution in [0.5, 0.6) is 0 Å². The second kappa shape index (κ2) is 6.55. The van der Waals surface area contributed by atoms with Gasteiger partial charge in [-0.15, -0.1) is 0 Å². The van der Waals surface area contributed by atoms with Gasteiger partial charge in [-0.05, 0) is 66.3 Å². The van der Waals surface area contributed by atoms with E-state index in [1.54, 1.807) is 0 Å². The molecule has 0 bridgehead atoms. The number of rotatable bonds is 1. The van der Waals surface area contributed by atoms with Crippen molar-refractivity contribution in [1.82, 2.24) is 0 Å². The van der Waals surface area contributed by atoms with Gasteiger partial charge in [0.1, 0.15) is 0 Å². The van der Waals surface area contributed by atoms with Crippen LogP contribution in [0.3, 0.4) is 0 Å². The van der Waals surface area contributed by atoms with Gasteiger partial charge < -0.3 is 0 Å². The Morgan fingerprint density at radius 2 is 0.844 bits per heavy atom. The van der Waals surface area contributed by atoms with Crippen molar-refractivity contribution in [3.05, 3.63) is 120 Å². The van der Waals surface area contributed by atoms with Gasteiger partial charge in [0.05, 0.1) is 0 Å². The molecular weight excluding hydrogens is 424 g/mol. The highest BCUT2D eigenvalue weighted by Gasteiger charge is 2.53. The molecular formula is C30H19ClSi. The lowest BCUT2D eigenvalue weighted by atomic mass is 10.0. The van der Waals surface area contributed by atoms with E-state index in [4.69, 9.17) is 11.6 Å². The minimum absolute atomic E-state index is 0.770. The predicted molar refractivity (Wildman–Crippen MR) is 138 cm³/mol. The van der Waals surface area contributed by atoms with Crippen molar-refractivity contribution in [1.29, 1.82) is 0 Å². The number of hydrogen-bond acceptors (Lipinski definition) is 0. The lowest BCUT2D eigenvalue weighted by Crippen LogP contribution is -2.70. The molecule has 0 N–H and O–H groups in total. The Labute approximate surface area is 193 Å². The summed E-state index contributed by atoms with van der Waals surface area (Å²) in [5.41, 5.74) is 8.03. The van der Waals surface area contributed by atoms with Crippen molar-refractivity contribution in [2.75, 3.05) is 0 Å². The van der Waals surface area contributed by atoms with Crippen LogP contribution in [0.25, 0.3) is 33.4 Å². The summed E-state index contributed by atoms with van der Waals surface area (Å²) in [6.45, 7) is 0. The van der Waals surface area contributed by atoms with Crippen molar-refractivity contribution in [2.45, 2.75) is 0 Å². The van der Waals surface area contributed by atoms with E-state index in [2.05, 4.69) is 103 Å². The summed E-state index contributed by atoms with van der Waals surface area (Å²) in [4.78, 5) is 0. The molecule has 0 aromatic heterocycles. The molecule has 5 aromatic carbocycles. The van der Waals surface area contributed by atoms with E-state index in [0.717, 1.165) is 5.02 Å². The molecule has 1 spiro atoms. The number of hydrogen-bond donors (Lipinski definition) is 0. The summed E-state index contributed by atoms with van der Waals surface area (Å²) in [6, 6.07) is 42.5. The zero-order chi connectivity index (χ0) is 21.3. The summed E-state index contributed by atoms with van der Waals surface area (Å²) in [7, 11) is -2.35. The van der Waals surface area contributed by atoms with Crippen LogP contribution in [-0.4, -0.2) is 8.07 Å². The van der Waals surface area contributed by atoms with Crippen molar-refractivity contribution in [2.24, 2.45) is 0 Å². The van der Waals surface area contributed by atoms with Gasteiger partial charge in [0, 0.05) is 5.02 Å². The first-order valence-electron chi connectivity index (χ1n) is 11.0. The molecule has 0 nitrogen and oxygen atoms in total. The molecule has 0 amide bonds. The van der Waals surface area contributed by atoms with E-state index in [-0.39, 0.29) is 0 Å². The fourth-order valence-corrected chi connectivity index (χ4v) is 11.7. The maximum Gasteiger partial charge on any atom is 0.182 e. The Bertz CT molecular complexity index is 1470. The van der Waals surface area contributed by atoms with Crippen LogP contribution < -0.4 is 20.7 Å². The lowest BCUT2D eigenvalue weighted by molar-refractivity contribution is 1.63. The summed E-state index contributed by atoms with van der Waals surface area (Å²) in [5.74, 6) is 0. The van der Waals surface area contributed by atoms with Gasteiger partial charge in [-0.2, -0.15) is 0 Å². The highest BCUT2D eigenvalue weighted by Crippen LogP contribution is 2.37. The summed E-state index contributed by atoms with van der Waals surface area (Å²) in [6.07, 6.45) is 0. The number of fused-ring (bicyclic) bond motifs is 10. The Balaban J connectivity index is 1.61. The second-order valence-electron chi connectivity index (χ2n) is 8.65. The average Bonchev–Trinajstić information content (AvgIpc) is 3.32.